The standard InChI is InChI=1S/C27H24N2O7S2/c1-3-35-23-15-19(11-14-22(23)36-38(33,34)21-12-9-18(2)10-13-21)16-24-26(31)29(27(32)37-24)17-25(30)28-20-7-5-4-6-8-20/h4-16H,3,17H2,1-2H3,(H,28,30)/b24-16-. The van der Waals surface area contributed by atoms with E-state index in [9.17, 15) is 22.8 Å². The molecule has 0 saturated carbocycles. The lowest BCUT2D eigenvalue weighted by atomic mass is 10.2. The zero-order chi connectivity index (χ0) is 27.3. The molecule has 11 heteroatoms. The number of nitrogens with zero attached hydrogens (tertiary/aromatic N) is 1. The molecule has 0 spiro atoms. The highest BCUT2D eigenvalue weighted by Crippen LogP contribution is 2.35. The Hall–Kier alpha value is -4.09. The molecule has 0 aromatic heterocycles. The van der Waals surface area contributed by atoms with Crippen LogP contribution in [0.5, 0.6) is 11.5 Å². The SMILES string of the molecule is CCOc1cc(/C=C2\SC(=O)N(CC(=O)Nc3ccccc3)C2=O)ccc1OS(=O)(=O)c1ccc(C)cc1. The molecule has 0 bridgehead atoms. The van der Waals surface area contributed by atoms with Crippen molar-refractivity contribution in [3.05, 3.63) is 88.8 Å². The molecular formula is C27H24N2O7S2. The van der Waals surface area contributed by atoms with E-state index in [4.69, 9.17) is 8.92 Å². The summed E-state index contributed by atoms with van der Waals surface area (Å²) in [7, 11) is -4.11. The van der Waals surface area contributed by atoms with Crippen LogP contribution in [0.25, 0.3) is 6.08 Å². The van der Waals surface area contributed by atoms with Crippen LogP contribution in [-0.2, 0) is 19.7 Å². The van der Waals surface area contributed by atoms with E-state index in [1.807, 2.05) is 6.92 Å². The van der Waals surface area contributed by atoms with Crippen molar-refractivity contribution in [2.45, 2.75) is 18.7 Å². The third-order valence-electron chi connectivity index (χ3n) is 5.31. The molecular weight excluding hydrogens is 528 g/mol. The van der Waals surface area contributed by atoms with Gasteiger partial charge in [0.25, 0.3) is 11.1 Å². The summed E-state index contributed by atoms with van der Waals surface area (Å²) in [6.45, 7) is 3.39. The maximum Gasteiger partial charge on any atom is 0.339 e. The Morgan fingerprint density at radius 3 is 2.39 bits per heavy atom. The second-order valence-electron chi connectivity index (χ2n) is 8.17. The van der Waals surface area contributed by atoms with Gasteiger partial charge in [0, 0.05) is 5.69 Å². The smallest absolute Gasteiger partial charge is 0.339 e. The van der Waals surface area contributed by atoms with Gasteiger partial charge in [-0.2, -0.15) is 8.42 Å². The molecule has 0 radical (unpaired) electrons. The van der Waals surface area contributed by atoms with Gasteiger partial charge in [-0.3, -0.25) is 19.3 Å². The number of carbonyl (C=O) groups excluding carboxylic acids is 3. The molecule has 38 heavy (non-hydrogen) atoms. The van der Waals surface area contributed by atoms with Gasteiger partial charge in [-0.05, 0) is 73.6 Å². The van der Waals surface area contributed by atoms with E-state index >= 15 is 0 Å². The summed E-state index contributed by atoms with van der Waals surface area (Å²) in [5.41, 5.74) is 1.94. The highest BCUT2D eigenvalue weighted by atomic mass is 32.2. The van der Waals surface area contributed by atoms with Gasteiger partial charge in [-0.15, -0.1) is 0 Å². The molecule has 0 unspecified atom stereocenters. The van der Waals surface area contributed by atoms with Gasteiger partial charge < -0.3 is 14.2 Å². The van der Waals surface area contributed by atoms with E-state index in [1.165, 1.54) is 30.3 Å². The fourth-order valence-electron chi connectivity index (χ4n) is 3.48. The maximum atomic E-state index is 12.9. The first kappa shape index (κ1) is 27.0. The van der Waals surface area contributed by atoms with Gasteiger partial charge in [0.05, 0.1) is 11.5 Å². The van der Waals surface area contributed by atoms with Crippen molar-refractivity contribution in [2.24, 2.45) is 0 Å². The maximum absolute atomic E-state index is 12.9. The Morgan fingerprint density at radius 2 is 1.71 bits per heavy atom. The first-order valence-electron chi connectivity index (χ1n) is 11.5. The molecule has 1 heterocycles. The molecule has 0 atom stereocenters. The van der Waals surface area contributed by atoms with Crippen LogP contribution in [0.4, 0.5) is 10.5 Å². The predicted octanol–water partition coefficient (Wildman–Crippen LogP) is 4.84. The first-order valence-corrected chi connectivity index (χ1v) is 13.8. The zero-order valence-electron chi connectivity index (χ0n) is 20.5. The largest absolute Gasteiger partial charge is 0.490 e. The van der Waals surface area contributed by atoms with E-state index in [0.29, 0.717) is 23.0 Å². The first-order chi connectivity index (χ1) is 18.2. The predicted molar refractivity (Wildman–Crippen MR) is 144 cm³/mol. The van der Waals surface area contributed by atoms with Gasteiger partial charge in [0.2, 0.25) is 5.91 Å². The molecule has 1 saturated heterocycles. The zero-order valence-corrected chi connectivity index (χ0v) is 22.2. The lowest BCUT2D eigenvalue weighted by Gasteiger charge is -2.13. The second-order valence-corrected chi connectivity index (χ2v) is 10.7. The molecule has 1 aliphatic heterocycles. The van der Waals surface area contributed by atoms with E-state index in [-0.39, 0.29) is 27.9 Å². The van der Waals surface area contributed by atoms with Crippen molar-refractivity contribution < 1.29 is 31.7 Å². The van der Waals surface area contributed by atoms with Crippen LogP contribution in [0.15, 0.2) is 82.6 Å². The van der Waals surface area contributed by atoms with Gasteiger partial charge >= 0.3 is 10.1 Å². The number of thioether (sulfide) groups is 1. The number of benzene rings is 3. The van der Waals surface area contributed by atoms with Crippen LogP contribution in [0.3, 0.4) is 0 Å². The summed E-state index contributed by atoms with van der Waals surface area (Å²) in [5, 5.41) is 2.07. The van der Waals surface area contributed by atoms with E-state index in [2.05, 4.69) is 5.32 Å². The number of para-hydroxylation sites is 1. The monoisotopic (exact) mass is 552 g/mol. The van der Waals surface area contributed by atoms with E-state index < -0.39 is 33.7 Å². The van der Waals surface area contributed by atoms with Crippen molar-refractivity contribution in [2.75, 3.05) is 18.5 Å². The fraction of sp³-hybridized carbons (Fsp3) is 0.148. The normalized spacial score (nSPS) is 14.6. The minimum absolute atomic E-state index is 0.000370. The number of hydrogen-bond acceptors (Lipinski definition) is 8. The minimum Gasteiger partial charge on any atom is -0.490 e. The van der Waals surface area contributed by atoms with Crippen LogP contribution in [-0.4, -0.2) is 43.5 Å². The van der Waals surface area contributed by atoms with E-state index in [0.717, 1.165) is 10.5 Å². The van der Waals surface area contributed by atoms with Crippen molar-refractivity contribution in [1.82, 2.24) is 4.90 Å². The Labute approximate surface area is 224 Å². The number of hydrogen-bond donors (Lipinski definition) is 1. The number of carbonyl (C=O) groups is 3. The van der Waals surface area contributed by atoms with Gasteiger partial charge in [-0.25, -0.2) is 0 Å². The van der Waals surface area contributed by atoms with Crippen LogP contribution in [0.2, 0.25) is 0 Å². The molecule has 1 fully saturated rings. The van der Waals surface area contributed by atoms with Crippen molar-refractivity contribution in [3.63, 3.8) is 0 Å². The highest BCUT2D eigenvalue weighted by molar-refractivity contribution is 8.18. The summed E-state index contributed by atoms with van der Waals surface area (Å²) in [6, 6.07) is 19.4. The lowest BCUT2D eigenvalue weighted by Crippen LogP contribution is -2.36. The highest BCUT2D eigenvalue weighted by Gasteiger charge is 2.36. The second kappa shape index (κ2) is 11.5. The van der Waals surface area contributed by atoms with Crippen molar-refractivity contribution >= 4 is 50.7 Å². The van der Waals surface area contributed by atoms with Crippen LogP contribution in [0, 0.1) is 6.92 Å². The summed E-state index contributed by atoms with van der Waals surface area (Å²) in [6.07, 6.45) is 1.47. The topological polar surface area (TPSA) is 119 Å². The van der Waals surface area contributed by atoms with Crippen LogP contribution < -0.4 is 14.2 Å². The molecule has 3 aromatic rings. The molecule has 1 N–H and O–H groups in total. The quantitative estimate of drug-likeness (QED) is 0.296. The van der Waals surface area contributed by atoms with Crippen molar-refractivity contribution in [1.29, 1.82) is 0 Å². The van der Waals surface area contributed by atoms with Crippen molar-refractivity contribution in [3.8, 4) is 11.5 Å². The molecule has 4 rings (SSSR count). The lowest BCUT2D eigenvalue weighted by molar-refractivity contribution is -0.127. The summed E-state index contributed by atoms with van der Waals surface area (Å²) in [4.78, 5) is 38.6. The third-order valence-corrected chi connectivity index (χ3v) is 7.46. The molecule has 1 aliphatic rings. The number of aryl methyl sites for hydroxylation is 1. The number of amides is 3. The molecule has 3 amide bonds. The Balaban J connectivity index is 1.51. The average molecular weight is 553 g/mol. The number of ether oxygens (including phenoxy) is 1. The van der Waals surface area contributed by atoms with Gasteiger partial charge in [0.15, 0.2) is 11.5 Å². The number of rotatable bonds is 9. The number of imide groups is 1. The Morgan fingerprint density at radius 1 is 1.00 bits per heavy atom. The minimum atomic E-state index is -4.11. The number of anilines is 1. The van der Waals surface area contributed by atoms with Crippen LogP contribution >= 0.6 is 11.8 Å². The summed E-state index contributed by atoms with van der Waals surface area (Å²) < 4.78 is 36.4. The Kier molecular flexibility index (Phi) is 8.18. The molecule has 196 valence electrons. The van der Waals surface area contributed by atoms with Crippen LogP contribution in [0.1, 0.15) is 18.1 Å². The third kappa shape index (κ3) is 6.42. The molecule has 0 aliphatic carbocycles. The average Bonchev–Trinajstić information content (AvgIpc) is 3.13. The fourth-order valence-corrected chi connectivity index (χ4v) is 5.25. The van der Waals surface area contributed by atoms with E-state index in [1.54, 1.807) is 55.5 Å². The summed E-state index contributed by atoms with van der Waals surface area (Å²) in [5.74, 6) is -0.980. The molecule has 3 aromatic carbocycles. The van der Waals surface area contributed by atoms with Gasteiger partial charge in [0.1, 0.15) is 11.4 Å². The van der Waals surface area contributed by atoms with Gasteiger partial charge in [-0.1, -0.05) is 42.0 Å². The molecule has 9 nitrogen and oxygen atoms in total. The summed E-state index contributed by atoms with van der Waals surface area (Å²) >= 11 is 0.707. The number of nitrogens with one attached hydrogen (secondary N) is 1. The Bertz CT molecular complexity index is 1500.